The molecule has 0 aromatic heterocycles. The van der Waals surface area contributed by atoms with Gasteiger partial charge in [0.2, 0.25) is 18.0 Å². The lowest BCUT2D eigenvalue weighted by molar-refractivity contribution is -0.484. The summed E-state index contributed by atoms with van der Waals surface area (Å²) in [5, 5.41) is 13.9. The molecule has 1 atom stereocenters. The fraction of sp³-hybridized carbons (Fsp3) is 0.471. The van der Waals surface area contributed by atoms with Gasteiger partial charge in [-0.2, -0.15) is 0 Å². The molecule has 27 heavy (non-hydrogen) atoms. The lowest BCUT2D eigenvalue weighted by Crippen LogP contribution is -2.65. The number of carbonyl (C=O) groups excluding carboxylic acids is 3. The van der Waals surface area contributed by atoms with Crippen molar-refractivity contribution in [3.05, 3.63) is 45.0 Å². The van der Waals surface area contributed by atoms with E-state index in [-0.39, 0.29) is 18.8 Å². The third-order valence-electron chi connectivity index (χ3n) is 3.69. The lowest BCUT2D eigenvalue weighted by atomic mass is 9.78. The van der Waals surface area contributed by atoms with Gasteiger partial charge in [0.1, 0.15) is 0 Å². The molecule has 1 aromatic carbocycles. The number of hydrogen-bond acceptors (Lipinski definition) is 7. The Bertz CT molecular complexity index is 688. The minimum atomic E-state index is -2.42. The number of carbonyl (C=O) groups is 3. The standard InChI is InChI=1S/C17H21ClN2O7/c1-4-26-15(22)17(19-11(3)21,16(23)27-5-2)14(10-20(24)25)12-6-8-13(18)9-7-12/h6-9,14H,4-5,10H2,1-3H3,(H,19,21). The minimum absolute atomic E-state index is 0.106. The van der Waals surface area contributed by atoms with Gasteiger partial charge in [-0.3, -0.25) is 14.9 Å². The molecule has 0 bridgehead atoms. The van der Waals surface area contributed by atoms with Crippen LogP contribution in [0.1, 0.15) is 32.3 Å². The van der Waals surface area contributed by atoms with Crippen LogP contribution in [0, 0.1) is 10.1 Å². The van der Waals surface area contributed by atoms with Gasteiger partial charge in [0, 0.05) is 16.9 Å². The summed E-state index contributed by atoms with van der Waals surface area (Å²) in [6.45, 7) is 3.05. The molecule has 0 heterocycles. The van der Waals surface area contributed by atoms with Crippen LogP contribution in [0.25, 0.3) is 0 Å². The molecule has 1 aromatic rings. The van der Waals surface area contributed by atoms with Crippen LogP contribution in [-0.4, -0.2) is 48.1 Å². The van der Waals surface area contributed by atoms with Crippen molar-refractivity contribution >= 4 is 29.4 Å². The third-order valence-corrected chi connectivity index (χ3v) is 3.95. The second-order valence-electron chi connectivity index (χ2n) is 5.55. The Labute approximate surface area is 161 Å². The molecule has 0 spiro atoms. The normalized spacial score (nSPS) is 12.0. The van der Waals surface area contributed by atoms with E-state index >= 15 is 0 Å². The number of hydrogen-bond donors (Lipinski definition) is 1. The SMILES string of the molecule is CCOC(=O)C(NC(C)=O)(C(=O)OCC)C(C[N+](=O)[O-])c1ccc(Cl)cc1. The van der Waals surface area contributed by atoms with E-state index in [0.29, 0.717) is 5.02 Å². The molecule has 0 fully saturated rings. The van der Waals surface area contributed by atoms with E-state index in [9.17, 15) is 24.5 Å². The van der Waals surface area contributed by atoms with Gasteiger partial charge in [0.25, 0.3) is 0 Å². The monoisotopic (exact) mass is 400 g/mol. The molecular formula is C17H21ClN2O7. The number of esters is 2. The van der Waals surface area contributed by atoms with E-state index < -0.39 is 40.8 Å². The van der Waals surface area contributed by atoms with E-state index in [0.717, 1.165) is 6.92 Å². The smallest absolute Gasteiger partial charge is 0.344 e. The maximum atomic E-state index is 12.8. The molecule has 148 valence electrons. The van der Waals surface area contributed by atoms with Crippen LogP contribution in [0.15, 0.2) is 24.3 Å². The van der Waals surface area contributed by atoms with Gasteiger partial charge in [-0.15, -0.1) is 0 Å². The molecule has 1 amide bonds. The Morgan fingerprint density at radius 3 is 2.00 bits per heavy atom. The number of halogens is 1. The first kappa shape index (κ1) is 22.4. The second-order valence-corrected chi connectivity index (χ2v) is 5.99. The van der Waals surface area contributed by atoms with Crippen molar-refractivity contribution in [1.82, 2.24) is 5.32 Å². The summed E-state index contributed by atoms with van der Waals surface area (Å²) in [7, 11) is 0. The molecule has 10 heteroatoms. The van der Waals surface area contributed by atoms with Gasteiger partial charge in [0.05, 0.1) is 19.1 Å². The van der Waals surface area contributed by atoms with E-state index in [1.165, 1.54) is 38.1 Å². The zero-order chi connectivity index (χ0) is 20.6. The molecule has 0 aliphatic rings. The summed E-state index contributed by atoms with van der Waals surface area (Å²) in [6.07, 6.45) is 0. The Hall–Kier alpha value is -2.68. The van der Waals surface area contributed by atoms with Gasteiger partial charge < -0.3 is 14.8 Å². The number of nitro groups is 1. The third kappa shape index (κ3) is 5.40. The number of ether oxygens (including phenoxy) is 2. The quantitative estimate of drug-likeness (QED) is 0.289. The summed E-state index contributed by atoms with van der Waals surface area (Å²) >= 11 is 5.86. The highest BCUT2D eigenvalue weighted by atomic mass is 35.5. The van der Waals surface area contributed by atoms with E-state index in [1.54, 1.807) is 0 Å². The van der Waals surface area contributed by atoms with Gasteiger partial charge in [-0.25, -0.2) is 9.59 Å². The van der Waals surface area contributed by atoms with Crippen LogP contribution in [0.2, 0.25) is 5.02 Å². The number of amides is 1. The zero-order valence-electron chi connectivity index (χ0n) is 15.2. The summed E-state index contributed by atoms with van der Waals surface area (Å²) in [4.78, 5) is 48.0. The Morgan fingerprint density at radius 2 is 1.63 bits per heavy atom. The average Bonchev–Trinajstić information content (AvgIpc) is 2.58. The van der Waals surface area contributed by atoms with Gasteiger partial charge in [-0.05, 0) is 31.5 Å². The highest BCUT2D eigenvalue weighted by Crippen LogP contribution is 2.33. The van der Waals surface area contributed by atoms with Crippen LogP contribution < -0.4 is 5.32 Å². The molecule has 0 saturated heterocycles. The van der Waals surface area contributed by atoms with Crippen molar-refractivity contribution in [2.75, 3.05) is 19.8 Å². The maximum Gasteiger partial charge on any atom is 0.344 e. The first-order chi connectivity index (χ1) is 12.7. The molecular weight excluding hydrogens is 380 g/mol. The molecule has 0 aliphatic heterocycles. The summed E-state index contributed by atoms with van der Waals surface area (Å²) in [6, 6.07) is 5.79. The fourth-order valence-corrected chi connectivity index (χ4v) is 2.79. The van der Waals surface area contributed by atoms with Crippen LogP contribution in [0.3, 0.4) is 0 Å². The van der Waals surface area contributed by atoms with Crippen LogP contribution in [0.5, 0.6) is 0 Å². The second kappa shape index (κ2) is 9.86. The van der Waals surface area contributed by atoms with Crippen molar-refractivity contribution in [1.29, 1.82) is 0 Å². The van der Waals surface area contributed by atoms with Crippen molar-refractivity contribution in [3.63, 3.8) is 0 Å². The Morgan fingerprint density at radius 1 is 1.15 bits per heavy atom. The van der Waals surface area contributed by atoms with E-state index in [2.05, 4.69) is 5.32 Å². The van der Waals surface area contributed by atoms with Gasteiger partial charge in [0.15, 0.2) is 0 Å². The molecule has 0 saturated carbocycles. The first-order valence-corrected chi connectivity index (χ1v) is 8.57. The fourth-order valence-electron chi connectivity index (χ4n) is 2.66. The van der Waals surface area contributed by atoms with Gasteiger partial charge in [-0.1, -0.05) is 23.7 Å². The van der Waals surface area contributed by atoms with E-state index in [1.807, 2.05) is 0 Å². The Balaban J connectivity index is 3.70. The van der Waals surface area contributed by atoms with Crippen molar-refractivity contribution in [2.24, 2.45) is 0 Å². The largest absolute Gasteiger partial charge is 0.464 e. The number of nitrogens with one attached hydrogen (secondary N) is 1. The molecule has 1 N–H and O–H groups in total. The minimum Gasteiger partial charge on any atom is -0.464 e. The molecule has 1 unspecified atom stereocenters. The first-order valence-electron chi connectivity index (χ1n) is 8.19. The highest BCUT2D eigenvalue weighted by Gasteiger charge is 2.58. The lowest BCUT2D eigenvalue weighted by Gasteiger charge is -2.34. The predicted molar refractivity (Wildman–Crippen MR) is 95.9 cm³/mol. The van der Waals surface area contributed by atoms with Gasteiger partial charge >= 0.3 is 11.9 Å². The Kier molecular flexibility index (Phi) is 8.17. The number of nitrogens with zero attached hydrogens (tertiary/aromatic N) is 1. The van der Waals surface area contributed by atoms with Crippen LogP contribution in [-0.2, 0) is 23.9 Å². The van der Waals surface area contributed by atoms with Crippen molar-refractivity contribution in [2.45, 2.75) is 32.2 Å². The van der Waals surface area contributed by atoms with Crippen LogP contribution >= 0.6 is 11.6 Å². The summed E-state index contributed by atoms with van der Waals surface area (Å²) < 4.78 is 9.96. The van der Waals surface area contributed by atoms with Crippen molar-refractivity contribution in [3.8, 4) is 0 Å². The maximum absolute atomic E-state index is 12.8. The average molecular weight is 401 g/mol. The number of benzene rings is 1. The van der Waals surface area contributed by atoms with Crippen LogP contribution in [0.4, 0.5) is 0 Å². The predicted octanol–water partition coefficient (Wildman–Crippen LogP) is 1.70. The highest BCUT2D eigenvalue weighted by molar-refractivity contribution is 6.30. The molecule has 0 radical (unpaired) electrons. The van der Waals surface area contributed by atoms with Crippen molar-refractivity contribution < 1.29 is 28.8 Å². The molecule has 9 nitrogen and oxygen atoms in total. The zero-order valence-corrected chi connectivity index (χ0v) is 15.9. The van der Waals surface area contributed by atoms with E-state index in [4.69, 9.17) is 21.1 Å². The molecule has 0 aliphatic carbocycles. The topological polar surface area (TPSA) is 125 Å². The molecule has 1 rings (SSSR count). The summed E-state index contributed by atoms with van der Waals surface area (Å²) in [5.41, 5.74) is -2.18. The summed E-state index contributed by atoms with van der Waals surface area (Å²) in [5.74, 6) is -4.41. The number of rotatable bonds is 9.